The maximum atomic E-state index is 11.6. The summed E-state index contributed by atoms with van der Waals surface area (Å²) >= 11 is 0. The minimum absolute atomic E-state index is 0.0211. The molecular formula is C19H20O5. The molecule has 2 aromatic carbocycles. The molecule has 3 rings (SSSR count). The third-order valence-corrected chi connectivity index (χ3v) is 4.04. The summed E-state index contributed by atoms with van der Waals surface area (Å²) in [5.74, 6) is -2.88. The Morgan fingerprint density at radius 3 is 2.21 bits per heavy atom. The molecule has 1 fully saturated rings. The van der Waals surface area contributed by atoms with Gasteiger partial charge in [0.25, 0.3) is 5.79 Å². The van der Waals surface area contributed by atoms with Gasteiger partial charge in [-0.25, -0.2) is 4.79 Å². The average molecular weight is 328 g/mol. The average Bonchev–Trinajstić information content (AvgIpc) is 2.64. The molecule has 1 heterocycles. The van der Waals surface area contributed by atoms with Crippen LogP contribution in [0.5, 0.6) is 0 Å². The highest BCUT2D eigenvalue weighted by Crippen LogP contribution is 2.28. The normalized spacial score (nSPS) is 23.8. The molecule has 1 N–H and O–H groups in total. The molecule has 0 saturated carbocycles. The van der Waals surface area contributed by atoms with Gasteiger partial charge < -0.3 is 19.3 Å². The summed E-state index contributed by atoms with van der Waals surface area (Å²) in [5.41, 5.74) is 2.04. The Kier molecular flexibility index (Phi) is 5.25. The van der Waals surface area contributed by atoms with Crippen LogP contribution in [0.1, 0.15) is 17.0 Å². The van der Waals surface area contributed by atoms with Crippen molar-refractivity contribution in [3.63, 3.8) is 0 Å². The Morgan fingerprint density at radius 1 is 1.04 bits per heavy atom. The molecule has 2 aromatic rings. The number of rotatable bonds is 6. The van der Waals surface area contributed by atoms with Crippen molar-refractivity contribution < 1.29 is 24.1 Å². The summed E-state index contributed by atoms with van der Waals surface area (Å²) < 4.78 is 16.7. The maximum absolute atomic E-state index is 11.6. The fraction of sp³-hybridized carbons (Fsp3) is 0.316. The molecule has 126 valence electrons. The molecule has 1 aliphatic heterocycles. The highest BCUT2D eigenvalue weighted by Gasteiger charge is 2.46. The number of benzene rings is 2. The maximum Gasteiger partial charge on any atom is 0.367 e. The summed E-state index contributed by atoms with van der Waals surface area (Å²) in [7, 11) is 0. The zero-order chi connectivity index (χ0) is 16.8. The molecule has 0 radical (unpaired) electrons. The van der Waals surface area contributed by atoms with E-state index in [1.807, 2.05) is 60.7 Å². The fourth-order valence-corrected chi connectivity index (χ4v) is 2.62. The Labute approximate surface area is 140 Å². The Morgan fingerprint density at radius 2 is 1.62 bits per heavy atom. The van der Waals surface area contributed by atoms with Crippen molar-refractivity contribution in [2.45, 2.75) is 18.3 Å². The number of aliphatic carboxylic acids is 1. The summed E-state index contributed by atoms with van der Waals surface area (Å²) in [6.45, 7) is 0.722. The van der Waals surface area contributed by atoms with Crippen molar-refractivity contribution in [1.29, 1.82) is 0 Å². The standard InChI is InChI=1S/C19H20O5/c20-18(21)19(14-22-11-15-7-3-1-4-8-15)23-12-17(13-24-19)16-9-5-2-6-10-16/h1-10,17H,11-14H2,(H,20,21). The van der Waals surface area contributed by atoms with Crippen molar-refractivity contribution in [3.8, 4) is 0 Å². The van der Waals surface area contributed by atoms with Gasteiger partial charge in [0.15, 0.2) is 0 Å². The van der Waals surface area contributed by atoms with E-state index in [-0.39, 0.29) is 25.7 Å². The van der Waals surface area contributed by atoms with Gasteiger partial charge in [-0.05, 0) is 11.1 Å². The van der Waals surface area contributed by atoms with Crippen LogP contribution in [0.3, 0.4) is 0 Å². The van der Waals surface area contributed by atoms with Gasteiger partial charge in [-0.2, -0.15) is 0 Å². The quantitative estimate of drug-likeness (QED) is 0.883. The molecule has 0 unspecified atom stereocenters. The van der Waals surface area contributed by atoms with Gasteiger partial charge >= 0.3 is 5.97 Å². The first kappa shape index (κ1) is 16.6. The van der Waals surface area contributed by atoms with Gasteiger partial charge in [0, 0.05) is 5.92 Å². The predicted octanol–water partition coefficient (Wildman–Crippen LogP) is 2.81. The Hall–Kier alpha value is -2.21. The van der Waals surface area contributed by atoms with E-state index in [0.717, 1.165) is 11.1 Å². The molecule has 5 heteroatoms. The van der Waals surface area contributed by atoms with E-state index < -0.39 is 11.8 Å². The fourth-order valence-electron chi connectivity index (χ4n) is 2.62. The second kappa shape index (κ2) is 7.57. The van der Waals surface area contributed by atoms with E-state index in [4.69, 9.17) is 14.2 Å². The molecule has 0 atom stereocenters. The van der Waals surface area contributed by atoms with Crippen LogP contribution in [0.2, 0.25) is 0 Å². The van der Waals surface area contributed by atoms with E-state index in [2.05, 4.69) is 0 Å². The molecule has 24 heavy (non-hydrogen) atoms. The lowest BCUT2D eigenvalue weighted by Crippen LogP contribution is -2.53. The number of carbonyl (C=O) groups is 1. The van der Waals surface area contributed by atoms with E-state index in [1.54, 1.807) is 0 Å². The van der Waals surface area contributed by atoms with Crippen LogP contribution >= 0.6 is 0 Å². The van der Waals surface area contributed by atoms with Gasteiger partial charge in [-0.3, -0.25) is 0 Å². The molecule has 0 spiro atoms. The topological polar surface area (TPSA) is 65.0 Å². The predicted molar refractivity (Wildman–Crippen MR) is 87.6 cm³/mol. The van der Waals surface area contributed by atoms with Crippen molar-refractivity contribution in [3.05, 3.63) is 71.8 Å². The lowest BCUT2D eigenvalue weighted by atomic mass is 10.00. The first-order chi connectivity index (χ1) is 11.7. The number of carboxylic acids is 1. The molecule has 0 aliphatic carbocycles. The number of hydrogen-bond acceptors (Lipinski definition) is 4. The van der Waals surface area contributed by atoms with Crippen LogP contribution in [0.15, 0.2) is 60.7 Å². The second-order valence-corrected chi connectivity index (χ2v) is 5.77. The molecule has 5 nitrogen and oxygen atoms in total. The van der Waals surface area contributed by atoms with Crippen molar-refractivity contribution in [2.24, 2.45) is 0 Å². The van der Waals surface area contributed by atoms with E-state index in [1.165, 1.54) is 0 Å². The zero-order valence-electron chi connectivity index (χ0n) is 13.3. The van der Waals surface area contributed by atoms with Gasteiger partial charge in [-0.15, -0.1) is 0 Å². The first-order valence-corrected chi connectivity index (χ1v) is 7.87. The summed E-state index contributed by atoms with van der Waals surface area (Å²) in [5, 5.41) is 9.51. The smallest absolute Gasteiger partial charge is 0.367 e. The second-order valence-electron chi connectivity index (χ2n) is 5.77. The molecule has 0 bridgehead atoms. The van der Waals surface area contributed by atoms with Crippen molar-refractivity contribution in [2.75, 3.05) is 19.8 Å². The number of carboxylic acid groups (broad SMARTS) is 1. The van der Waals surface area contributed by atoms with Gasteiger partial charge in [0.1, 0.15) is 6.61 Å². The summed E-state index contributed by atoms with van der Waals surface area (Å²) in [6.07, 6.45) is 0. The lowest BCUT2D eigenvalue weighted by molar-refractivity contribution is -0.287. The lowest BCUT2D eigenvalue weighted by Gasteiger charge is -2.36. The van der Waals surface area contributed by atoms with Gasteiger partial charge in [0.05, 0.1) is 19.8 Å². The Balaban J connectivity index is 1.58. The summed E-state index contributed by atoms with van der Waals surface area (Å²) in [6, 6.07) is 19.4. The van der Waals surface area contributed by atoms with Gasteiger partial charge in [0.2, 0.25) is 0 Å². The van der Waals surface area contributed by atoms with E-state index >= 15 is 0 Å². The Bertz CT molecular complexity index is 642. The molecule has 0 amide bonds. The van der Waals surface area contributed by atoms with E-state index in [0.29, 0.717) is 6.61 Å². The molecular weight excluding hydrogens is 308 g/mol. The molecule has 1 aliphatic rings. The molecule has 0 aromatic heterocycles. The SMILES string of the molecule is O=C(O)C1(COCc2ccccc2)OCC(c2ccccc2)CO1. The van der Waals surface area contributed by atoms with E-state index in [9.17, 15) is 9.90 Å². The van der Waals surface area contributed by atoms with Crippen LogP contribution in [0, 0.1) is 0 Å². The van der Waals surface area contributed by atoms with Gasteiger partial charge in [-0.1, -0.05) is 60.7 Å². The highest BCUT2D eigenvalue weighted by molar-refractivity contribution is 5.76. The largest absolute Gasteiger partial charge is 0.477 e. The van der Waals surface area contributed by atoms with Crippen LogP contribution in [0.4, 0.5) is 0 Å². The third kappa shape index (κ3) is 3.82. The monoisotopic (exact) mass is 328 g/mol. The third-order valence-electron chi connectivity index (χ3n) is 4.04. The molecule has 1 saturated heterocycles. The van der Waals surface area contributed by atoms with Crippen LogP contribution in [0.25, 0.3) is 0 Å². The van der Waals surface area contributed by atoms with Crippen molar-refractivity contribution in [1.82, 2.24) is 0 Å². The minimum Gasteiger partial charge on any atom is -0.477 e. The highest BCUT2D eigenvalue weighted by atomic mass is 16.7. The van der Waals surface area contributed by atoms with Crippen LogP contribution in [-0.4, -0.2) is 36.7 Å². The number of hydrogen-bond donors (Lipinski definition) is 1. The first-order valence-electron chi connectivity index (χ1n) is 7.87. The zero-order valence-corrected chi connectivity index (χ0v) is 13.3. The minimum atomic E-state index is -1.74. The van der Waals surface area contributed by atoms with Crippen molar-refractivity contribution >= 4 is 5.97 Å². The van der Waals surface area contributed by atoms with Crippen LogP contribution in [-0.2, 0) is 25.6 Å². The van der Waals surface area contributed by atoms with Crippen LogP contribution < -0.4 is 0 Å². The number of ether oxygens (including phenoxy) is 3. The summed E-state index contributed by atoms with van der Waals surface area (Å²) in [4.78, 5) is 11.6.